The van der Waals surface area contributed by atoms with Crippen molar-refractivity contribution in [3.63, 3.8) is 0 Å². The maximum absolute atomic E-state index is 12.2. The molecule has 2 aliphatic rings. The predicted octanol–water partition coefficient (Wildman–Crippen LogP) is 3.48. The highest BCUT2D eigenvalue weighted by Gasteiger charge is 2.30. The standard InChI is InChI=1S/C17H22Cl2N2O/c18-15-5-4-13(16(19)12-15)6-7-20-8-10-21(11-9-20)17(22)14-2-1-3-14/h4-5,12,14H,1-3,6-11H2. The number of carbonyl (C=O) groups is 1. The minimum atomic E-state index is 0.319. The van der Waals surface area contributed by atoms with Crippen LogP contribution in [0.1, 0.15) is 24.8 Å². The van der Waals surface area contributed by atoms with Gasteiger partial charge in [0.15, 0.2) is 0 Å². The van der Waals surface area contributed by atoms with Gasteiger partial charge in [0.1, 0.15) is 0 Å². The van der Waals surface area contributed by atoms with Crippen molar-refractivity contribution in [3.8, 4) is 0 Å². The van der Waals surface area contributed by atoms with Gasteiger partial charge in [-0.15, -0.1) is 0 Å². The summed E-state index contributed by atoms with van der Waals surface area (Å²) in [6, 6.07) is 5.69. The lowest BCUT2D eigenvalue weighted by Gasteiger charge is -2.38. The molecule has 22 heavy (non-hydrogen) atoms. The molecule has 0 bridgehead atoms. The van der Waals surface area contributed by atoms with Crippen LogP contribution in [0.5, 0.6) is 0 Å². The molecule has 1 aliphatic heterocycles. The molecular formula is C17H22Cl2N2O. The number of nitrogens with zero attached hydrogens (tertiary/aromatic N) is 2. The molecule has 1 aromatic carbocycles. The molecule has 0 spiro atoms. The van der Waals surface area contributed by atoms with Crippen LogP contribution in [-0.2, 0) is 11.2 Å². The molecule has 0 atom stereocenters. The van der Waals surface area contributed by atoms with E-state index in [1.807, 2.05) is 12.1 Å². The number of halogens is 2. The van der Waals surface area contributed by atoms with Crippen molar-refractivity contribution in [1.29, 1.82) is 0 Å². The molecule has 5 heteroatoms. The Morgan fingerprint density at radius 2 is 1.86 bits per heavy atom. The van der Waals surface area contributed by atoms with E-state index in [1.165, 1.54) is 6.42 Å². The van der Waals surface area contributed by atoms with Crippen LogP contribution < -0.4 is 0 Å². The number of amides is 1. The van der Waals surface area contributed by atoms with E-state index in [9.17, 15) is 4.79 Å². The van der Waals surface area contributed by atoms with Gasteiger partial charge in [0, 0.05) is 48.7 Å². The van der Waals surface area contributed by atoms with Gasteiger partial charge in [-0.05, 0) is 37.0 Å². The van der Waals surface area contributed by atoms with Crippen molar-refractivity contribution in [2.24, 2.45) is 5.92 Å². The van der Waals surface area contributed by atoms with E-state index in [1.54, 1.807) is 6.07 Å². The van der Waals surface area contributed by atoms with Crippen molar-refractivity contribution in [3.05, 3.63) is 33.8 Å². The molecule has 2 fully saturated rings. The highest BCUT2D eigenvalue weighted by molar-refractivity contribution is 6.35. The van der Waals surface area contributed by atoms with Gasteiger partial charge in [-0.25, -0.2) is 0 Å². The molecule has 0 N–H and O–H groups in total. The average molecular weight is 341 g/mol. The highest BCUT2D eigenvalue weighted by Crippen LogP contribution is 2.28. The largest absolute Gasteiger partial charge is 0.340 e. The summed E-state index contributed by atoms with van der Waals surface area (Å²) in [6.07, 6.45) is 4.33. The van der Waals surface area contributed by atoms with Crippen LogP contribution in [-0.4, -0.2) is 48.4 Å². The van der Waals surface area contributed by atoms with Crippen LogP contribution in [0.15, 0.2) is 18.2 Å². The number of piperazine rings is 1. The summed E-state index contributed by atoms with van der Waals surface area (Å²) in [5.41, 5.74) is 1.14. The highest BCUT2D eigenvalue weighted by atomic mass is 35.5. The molecule has 3 nitrogen and oxygen atoms in total. The lowest BCUT2D eigenvalue weighted by Crippen LogP contribution is -2.51. The second kappa shape index (κ2) is 7.20. The third kappa shape index (κ3) is 3.76. The fourth-order valence-corrected chi connectivity index (χ4v) is 3.61. The van der Waals surface area contributed by atoms with Gasteiger partial charge < -0.3 is 4.90 Å². The summed E-state index contributed by atoms with van der Waals surface area (Å²) in [6.45, 7) is 4.63. The predicted molar refractivity (Wildman–Crippen MR) is 90.5 cm³/mol. The van der Waals surface area contributed by atoms with Gasteiger partial charge in [0.2, 0.25) is 5.91 Å². The van der Waals surface area contributed by atoms with E-state index in [4.69, 9.17) is 23.2 Å². The molecular weight excluding hydrogens is 319 g/mol. The first-order chi connectivity index (χ1) is 10.6. The van der Waals surface area contributed by atoms with Crippen LogP contribution in [0, 0.1) is 5.92 Å². The summed E-state index contributed by atoms with van der Waals surface area (Å²) < 4.78 is 0. The Morgan fingerprint density at radius 1 is 1.14 bits per heavy atom. The third-order valence-electron chi connectivity index (χ3n) is 4.85. The zero-order chi connectivity index (χ0) is 15.5. The zero-order valence-corrected chi connectivity index (χ0v) is 14.2. The van der Waals surface area contributed by atoms with Crippen LogP contribution in [0.4, 0.5) is 0 Å². The smallest absolute Gasteiger partial charge is 0.225 e. The first-order valence-electron chi connectivity index (χ1n) is 8.08. The molecule has 1 heterocycles. The quantitative estimate of drug-likeness (QED) is 0.837. The minimum Gasteiger partial charge on any atom is -0.340 e. The number of hydrogen-bond donors (Lipinski definition) is 0. The van der Waals surface area contributed by atoms with Crippen LogP contribution in [0.3, 0.4) is 0 Å². The van der Waals surface area contributed by atoms with Crippen molar-refractivity contribution in [1.82, 2.24) is 9.80 Å². The van der Waals surface area contributed by atoms with Crippen molar-refractivity contribution in [2.75, 3.05) is 32.7 Å². The van der Waals surface area contributed by atoms with Crippen molar-refractivity contribution >= 4 is 29.1 Å². The Hall–Kier alpha value is -0.770. The van der Waals surface area contributed by atoms with E-state index in [0.717, 1.165) is 62.6 Å². The summed E-state index contributed by atoms with van der Waals surface area (Å²) in [7, 11) is 0. The Kier molecular flexibility index (Phi) is 5.27. The summed E-state index contributed by atoms with van der Waals surface area (Å²) in [4.78, 5) is 16.7. The Morgan fingerprint density at radius 3 is 2.45 bits per heavy atom. The van der Waals surface area contributed by atoms with Gasteiger partial charge in [0.25, 0.3) is 0 Å². The molecule has 3 rings (SSSR count). The Labute approximate surface area is 142 Å². The van der Waals surface area contributed by atoms with Crippen LogP contribution >= 0.6 is 23.2 Å². The molecule has 0 unspecified atom stereocenters. The summed E-state index contributed by atoms with van der Waals surface area (Å²) in [5, 5.41) is 1.42. The Bertz CT molecular complexity index is 537. The van der Waals surface area contributed by atoms with E-state index in [2.05, 4.69) is 9.80 Å². The maximum Gasteiger partial charge on any atom is 0.225 e. The second-order valence-electron chi connectivity index (χ2n) is 6.28. The lowest BCUT2D eigenvalue weighted by molar-refractivity contribution is -0.139. The van der Waals surface area contributed by atoms with Crippen LogP contribution in [0.2, 0.25) is 10.0 Å². The first-order valence-corrected chi connectivity index (χ1v) is 8.84. The van der Waals surface area contributed by atoms with E-state index in [-0.39, 0.29) is 0 Å². The summed E-state index contributed by atoms with van der Waals surface area (Å²) in [5.74, 6) is 0.700. The van der Waals surface area contributed by atoms with E-state index < -0.39 is 0 Å². The van der Waals surface area contributed by atoms with Crippen molar-refractivity contribution < 1.29 is 4.79 Å². The van der Waals surface area contributed by atoms with Gasteiger partial charge in [-0.1, -0.05) is 35.7 Å². The fourth-order valence-electron chi connectivity index (χ4n) is 3.11. The zero-order valence-electron chi connectivity index (χ0n) is 12.7. The molecule has 1 saturated carbocycles. The molecule has 120 valence electrons. The SMILES string of the molecule is O=C(C1CCC1)N1CCN(CCc2ccc(Cl)cc2Cl)CC1. The van der Waals surface area contributed by atoms with Gasteiger partial charge in [0.05, 0.1) is 0 Å². The topological polar surface area (TPSA) is 23.6 Å². The molecule has 1 aromatic rings. The number of benzene rings is 1. The second-order valence-corrected chi connectivity index (χ2v) is 7.12. The Balaban J connectivity index is 1.44. The number of carbonyl (C=O) groups excluding carboxylic acids is 1. The molecule has 0 aromatic heterocycles. The average Bonchev–Trinajstić information content (AvgIpc) is 2.45. The third-order valence-corrected chi connectivity index (χ3v) is 5.44. The van der Waals surface area contributed by atoms with Gasteiger partial charge >= 0.3 is 0 Å². The fraction of sp³-hybridized carbons (Fsp3) is 0.588. The normalized spacial score (nSPS) is 20.0. The van der Waals surface area contributed by atoms with E-state index >= 15 is 0 Å². The molecule has 0 radical (unpaired) electrons. The lowest BCUT2D eigenvalue weighted by atomic mass is 9.84. The van der Waals surface area contributed by atoms with E-state index in [0.29, 0.717) is 16.8 Å². The maximum atomic E-state index is 12.2. The summed E-state index contributed by atoms with van der Waals surface area (Å²) >= 11 is 12.1. The van der Waals surface area contributed by atoms with Gasteiger partial charge in [-0.3, -0.25) is 9.69 Å². The minimum absolute atomic E-state index is 0.319. The first kappa shape index (κ1) is 16.1. The van der Waals surface area contributed by atoms with Gasteiger partial charge in [-0.2, -0.15) is 0 Å². The molecule has 1 aliphatic carbocycles. The van der Waals surface area contributed by atoms with Crippen LogP contribution in [0.25, 0.3) is 0 Å². The number of rotatable bonds is 4. The monoisotopic (exact) mass is 340 g/mol. The van der Waals surface area contributed by atoms with Crippen molar-refractivity contribution in [2.45, 2.75) is 25.7 Å². The molecule has 1 amide bonds. The molecule has 1 saturated heterocycles. The number of hydrogen-bond acceptors (Lipinski definition) is 2.